The second kappa shape index (κ2) is 8.28. The summed E-state index contributed by atoms with van der Waals surface area (Å²) in [5.74, 6) is 0.384. The van der Waals surface area contributed by atoms with Crippen LogP contribution in [0.1, 0.15) is 12.0 Å². The number of nitrogens with zero attached hydrogens (tertiary/aromatic N) is 3. The monoisotopic (exact) mass is 406 g/mol. The van der Waals surface area contributed by atoms with Crippen LogP contribution in [0.15, 0.2) is 65.8 Å². The number of ether oxygens (including phenoxy) is 1. The van der Waals surface area contributed by atoms with E-state index in [1.807, 2.05) is 60.7 Å². The van der Waals surface area contributed by atoms with E-state index in [-0.39, 0.29) is 25.0 Å². The zero-order valence-corrected chi connectivity index (χ0v) is 17.0. The summed E-state index contributed by atoms with van der Waals surface area (Å²) < 4.78 is 5.65. The lowest BCUT2D eigenvalue weighted by molar-refractivity contribution is -0.140. The Balaban J connectivity index is 1.49. The van der Waals surface area contributed by atoms with Gasteiger partial charge in [-0.15, -0.1) is 0 Å². The van der Waals surface area contributed by atoms with Gasteiger partial charge in [0.05, 0.1) is 5.71 Å². The van der Waals surface area contributed by atoms with Crippen molar-refractivity contribution in [3.63, 3.8) is 0 Å². The number of piperidine rings is 1. The molecule has 30 heavy (non-hydrogen) atoms. The lowest BCUT2D eigenvalue weighted by Crippen LogP contribution is -2.58. The maximum Gasteiger partial charge on any atom is 0.256 e. The number of amides is 2. The lowest BCUT2D eigenvalue weighted by Gasteiger charge is -2.40. The summed E-state index contributed by atoms with van der Waals surface area (Å²) in [5.41, 5.74) is 7.21. The van der Waals surface area contributed by atoms with Gasteiger partial charge in [-0.1, -0.05) is 48.5 Å². The normalized spacial score (nSPS) is 21.8. The molecule has 0 aliphatic carbocycles. The highest BCUT2D eigenvalue weighted by Crippen LogP contribution is 2.38. The Morgan fingerprint density at radius 1 is 1.17 bits per heavy atom. The second-order valence-electron chi connectivity index (χ2n) is 7.86. The number of rotatable bonds is 6. The number of carbonyl (C=O) groups excluding carboxylic acids is 2. The molecule has 2 N–H and O–H groups in total. The van der Waals surface area contributed by atoms with Crippen molar-refractivity contribution in [2.45, 2.75) is 18.9 Å². The molecule has 7 nitrogen and oxygen atoms in total. The van der Waals surface area contributed by atoms with Crippen LogP contribution in [0.4, 0.5) is 0 Å². The van der Waals surface area contributed by atoms with Gasteiger partial charge in [0.2, 0.25) is 5.91 Å². The minimum atomic E-state index is -0.829. The van der Waals surface area contributed by atoms with Crippen molar-refractivity contribution in [3.05, 3.63) is 66.2 Å². The Labute approximate surface area is 176 Å². The van der Waals surface area contributed by atoms with Crippen LogP contribution in [-0.2, 0) is 16.0 Å². The van der Waals surface area contributed by atoms with Gasteiger partial charge in [0.25, 0.3) is 5.91 Å². The van der Waals surface area contributed by atoms with Crippen molar-refractivity contribution in [2.75, 3.05) is 26.7 Å². The first kappa shape index (κ1) is 20.1. The molecule has 0 aromatic heterocycles. The number of hydrazone groups is 1. The molecule has 0 spiro atoms. The third-order valence-electron chi connectivity index (χ3n) is 5.76. The number of nitrogens with two attached hydrogens (primary N) is 1. The van der Waals surface area contributed by atoms with E-state index in [1.54, 1.807) is 11.9 Å². The van der Waals surface area contributed by atoms with Gasteiger partial charge in [-0.05, 0) is 24.1 Å². The SMILES string of the molecule is CN1N=C2CCN(C(=O)C(N)COc3ccccc3)CC2(Cc2ccccc2)C1=O. The van der Waals surface area contributed by atoms with Crippen LogP contribution in [0.25, 0.3) is 0 Å². The highest BCUT2D eigenvalue weighted by Gasteiger charge is 2.53. The van der Waals surface area contributed by atoms with Crippen molar-refractivity contribution >= 4 is 17.5 Å². The van der Waals surface area contributed by atoms with E-state index in [9.17, 15) is 9.59 Å². The van der Waals surface area contributed by atoms with E-state index in [0.29, 0.717) is 25.1 Å². The zero-order chi connectivity index (χ0) is 21.1. The molecule has 0 bridgehead atoms. The molecule has 2 unspecified atom stereocenters. The third-order valence-corrected chi connectivity index (χ3v) is 5.76. The smallest absolute Gasteiger partial charge is 0.256 e. The summed E-state index contributed by atoms with van der Waals surface area (Å²) in [6.07, 6.45) is 1.07. The molecule has 2 aromatic rings. The third kappa shape index (κ3) is 3.80. The number of benzene rings is 2. The van der Waals surface area contributed by atoms with Gasteiger partial charge in [0, 0.05) is 26.6 Å². The van der Waals surface area contributed by atoms with E-state index in [1.165, 1.54) is 5.01 Å². The lowest BCUT2D eigenvalue weighted by atomic mass is 9.73. The summed E-state index contributed by atoms with van der Waals surface area (Å²) in [4.78, 5) is 27.9. The summed E-state index contributed by atoms with van der Waals surface area (Å²) in [6, 6.07) is 18.3. The minimum absolute atomic E-state index is 0.0760. The molecule has 0 radical (unpaired) electrons. The molecule has 2 aliphatic rings. The predicted molar refractivity (Wildman–Crippen MR) is 114 cm³/mol. The first-order valence-corrected chi connectivity index (χ1v) is 10.1. The van der Waals surface area contributed by atoms with E-state index < -0.39 is 11.5 Å². The second-order valence-corrected chi connectivity index (χ2v) is 7.86. The first-order valence-electron chi connectivity index (χ1n) is 10.1. The van der Waals surface area contributed by atoms with Gasteiger partial charge < -0.3 is 15.4 Å². The molecule has 2 atom stereocenters. The van der Waals surface area contributed by atoms with Crippen molar-refractivity contribution in [3.8, 4) is 5.75 Å². The number of carbonyl (C=O) groups is 2. The van der Waals surface area contributed by atoms with Gasteiger partial charge in [-0.25, -0.2) is 5.01 Å². The Kier molecular flexibility index (Phi) is 5.55. The standard InChI is InChI=1S/C23H26N4O3/c1-26-22(29)23(14-17-8-4-2-5-9-17)16-27(13-12-20(23)25-26)21(28)19(24)15-30-18-10-6-3-7-11-18/h2-11,19H,12-16,24H2,1H3. The quantitative estimate of drug-likeness (QED) is 0.791. The Morgan fingerprint density at radius 2 is 1.83 bits per heavy atom. The molecule has 0 saturated carbocycles. The first-order chi connectivity index (χ1) is 14.5. The van der Waals surface area contributed by atoms with Crippen LogP contribution in [-0.4, -0.2) is 60.2 Å². The predicted octanol–water partition coefficient (Wildman–Crippen LogP) is 1.68. The van der Waals surface area contributed by atoms with Gasteiger partial charge in [0.15, 0.2) is 0 Å². The molecule has 2 aliphatic heterocycles. The maximum absolute atomic E-state index is 13.1. The summed E-state index contributed by atoms with van der Waals surface area (Å²) in [7, 11) is 1.67. The Hall–Kier alpha value is -3.19. The van der Waals surface area contributed by atoms with Crippen molar-refractivity contribution < 1.29 is 14.3 Å². The van der Waals surface area contributed by atoms with E-state index >= 15 is 0 Å². The highest BCUT2D eigenvalue weighted by molar-refractivity contribution is 6.13. The van der Waals surface area contributed by atoms with Gasteiger partial charge >= 0.3 is 0 Å². The van der Waals surface area contributed by atoms with E-state index in [4.69, 9.17) is 10.5 Å². The molecular weight excluding hydrogens is 380 g/mol. The Morgan fingerprint density at radius 3 is 2.53 bits per heavy atom. The van der Waals surface area contributed by atoms with Crippen molar-refractivity contribution in [1.29, 1.82) is 0 Å². The minimum Gasteiger partial charge on any atom is -0.491 e. The molecule has 2 amide bonds. The number of likely N-dealkylation sites (tertiary alicyclic amines) is 1. The van der Waals surface area contributed by atoms with Crippen LogP contribution in [0.2, 0.25) is 0 Å². The maximum atomic E-state index is 13.1. The number of hydrogen-bond acceptors (Lipinski definition) is 5. The zero-order valence-electron chi connectivity index (χ0n) is 17.0. The average Bonchev–Trinajstić information content (AvgIpc) is 3.02. The average molecular weight is 406 g/mol. The van der Waals surface area contributed by atoms with Gasteiger partial charge in [-0.3, -0.25) is 9.59 Å². The van der Waals surface area contributed by atoms with Crippen molar-refractivity contribution in [2.24, 2.45) is 16.3 Å². The van der Waals surface area contributed by atoms with Gasteiger partial charge in [0.1, 0.15) is 23.8 Å². The van der Waals surface area contributed by atoms with Crippen molar-refractivity contribution in [1.82, 2.24) is 9.91 Å². The molecule has 1 saturated heterocycles. The fraction of sp³-hybridized carbons (Fsp3) is 0.348. The van der Waals surface area contributed by atoms with Crippen LogP contribution in [0, 0.1) is 5.41 Å². The largest absolute Gasteiger partial charge is 0.491 e. The number of para-hydroxylation sites is 1. The summed E-state index contributed by atoms with van der Waals surface area (Å²) in [5, 5.41) is 5.89. The summed E-state index contributed by atoms with van der Waals surface area (Å²) >= 11 is 0. The molecule has 156 valence electrons. The molecular formula is C23H26N4O3. The van der Waals surface area contributed by atoms with Crippen LogP contribution in [0.5, 0.6) is 5.75 Å². The fourth-order valence-electron chi connectivity index (χ4n) is 4.22. The highest BCUT2D eigenvalue weighted by atomic mass is 16.5. The van der Waals surface area contributed by atoms with E-state index in [0.717, 1.165) is 11.3 Å². The molecule has 2 aromatic carbocycles. The van der Waals surface area contributed by atoms with Crippen LogP contribution >= 0.6 is 0 Å². The molecule has 1 fully saturated rings. The van der Waals surface area contributed by atoms with Gasteiger partial charge in [-0.2, -0.15) is 5.10 Å². The fourth-order valence-corrected chi connectivity index (χ4v) is 4.22. The number of fused-ring (bicyclic) bond motifs is 1. The summed E-state index contributed by atoms with van der Waals surface area (Å²) in [6.45, 7) is 0.857. The molecule has 7 heteroatoms. The van der Waals surface area contributed by atoms with Crippen LogP contribution in [0.3, 0.4) is 0 Å². The molecule has 4 rings (SSSR count). The topological polar surface area (TPSA) is 88.2 Å². The Bertz CT molecular complexity index is 947. The van der Waals surface area contributed by atoms with E-state index in [2.05, 4.69) is 5.10 Å². The molecule has 2 heterocycles. The number of hydrogen-bond donors (Lipinski definition) is 1. The van der Waals surface area contributed by atoms with Crippen LogP contribution < -0.4 is 10.5 Å².